The molecule has 0 radical (unpaired) electrons. The van der Waals surface area contributed by atoms with E-state index in [9.17, 15) is 38.5 Å². The summed E-state index contributed by atoms with van der Waals surface area (Å²) in [6.07, 6.45) is 13.9. The standard InChI is InChI=1S/C66H100F2N14O15P2S/c1-5-7-9-11-13-15-16-18-20-22-24-28-50(84)94-45(26-23-21-19-17-14-12-10-8-6-2)34-49(83)80-53(42(3)4)63(87)79-46(27-25-33-71-66(70)88)61(85)78-44-31-29-43(30-32-44)37-100-98(89)57-48(96-65(52(57)68)82-41-77-55-60(82)74-39-75-62(55)86)36-93-99(90,91)97-56-47(35-92-98)95-64(51(56)67)81-40-76-54-58(69)72-38-73-59(54)81/h29-32,38-42,45-48,51-53,56-57,64-65H,5-28,33-37H2,1-4H3,(H,78,85)(H,79,87)(H,80,83)(H,90,91)(H2,69,72,73)(H3,70,71,88)(H,74,75,86)/t45?,46-,47+,48+,51+,52+,53-,56+,57+,64+,65+,98?/m0/s1. The van der Waals surface area contributed by atoms with Crippen molar-refractivity contribution in [2.24, 2.45) is 11.7 Å². The second-order valence-corrected chi connectivity index (χ2v) is 32.4. The number of phosphoric ester groups is 1. The highest BCUT2D eigenvalue weighted by Gasteiger charge is 2.59. The Labute approximate surface area is 585 Å². The summed E-state index contributed by atoms with van der Waals surface area (Å²) in [5, 5.41) is 21.4. The minimum atomic E-state index is -5.28. The molecule has 1 aromatic carbocycles. The average molecular weight is 1460 g/mol. The van der Waals surface area contributed by atoms with Gasteiger partial charge < -0.3 is 61.5 Å². The van der Waals surface area contributed by atoms with Crippen LogP contribution in [0.2, 0.25) is 0 Å². The van der Waals surface area contributed by atoms with Crippen molar-refractivity contribution in [3.8, 4) is 5.88 Å². The van der Waals surface area contributed by atoms with E-state index in [1.807, 2.05) is 0 Å². The number of hydrogen-bond donors (Lipinski definition) is 8. The Balaban J connectivity index is 0.934. The van der Waals surface area contributed by atoms with Gasteiger partial charge in [0.05, 0.1) is 38.4 Å². The number of nitrogens with zero attached hydrogens (tertiary/aromatic N) is 8. The first-order chi connectivity index (χ1) is 48.1. The maximum atomic E-state index is 17.6. The third-order valence-electron chi connectivity index (χ3n) is 18.1. The van der Waals surface area contributed by atoms with Gasteiger partial charge in [0.25, 0.3) is 6.57 Å². The number of benzene rings is 1. The number of nitrogens with one attached hydrogen (secondary N) is 4. The van der Waals surface area contributed by atoms with Crippen LogP contribution in [-0.2, 0) is 61.8 Å². The molecule has 5 aromatic rings. The molecule has 0 spiro atoms. The van der Waals surface area contributed by atoms with Crippen molar-refractivity contribution in [1.82, 2.24) is 55.0 Å². The Morgan fingerprint density at radius 2 is 1.27 bits per heavy atom. The molecule has 13 atom stereocenters. The number of unbranched alkanes of at least 4 members (excludes halogenated alkanes) is 18. The van der Waals surface area contributed by atoms with E-state index in [2.05, 4.69) is 65.0 Å². The first kappa shape index (κ1) is 79.2. The number of aromatic nitrogens is 8. The molecule has 10 N–H and O–H groups in total. The van der Waals surface area contributed by atoms with E-state index in [4.69, 9.17) is 39.2 Å². The smallest absolute Gasteiger partial charge is 0.472 e. The van der Waals surface area contributed by atoms with Crippen LogP contribution in [-0.4, -0.2) is 153 Å². The van der Waals surface area contributed by atoms with E-state index in [0.29, 0.717) is 29.8 Å². The number of hydrogen-bond acceptors (Lipinski definition) is 22. The molecule has 29 nitrogen and oxygen atoms in total. The number of nitrogens with two attached hydrogens (primary N) is 2. The fourth-order valence-electron chi connectivity index (χ4n) is 12.6. The fourth-order valence-corrected chi connectivity index (χ4v) is 18.6. The highest BCUT2D eigenvalue weighted by Crippen LogP contribution is 2.70. The molecule has 0 saturated carbocycles. The Bertz CT molecular complexity index is 3550. The molecule has 554 valence electrons. The van der Waals surface area contributed by atoms with Crippen molar-refractivity contribution in [3.05, 3.63) is 55.1 Å². The van der Waals surface area contributed by atoms with Crippen LogP contribution in [0.5, 0.6) is 5.88 Å². The van der Waals surface area contributed by atoms with Crippen molar-refractivity contribution in [1.29, 1.82) is 0 Å². The summed E-state index contributed by atoms with van der Waals surface area (Å²) < 4.78 is 102. The molecule has 3 aliphatic heterocycles. The number of halogens is 2. The molecule has 3 unspecified atom stereocenters. The molecule has 5 amide bonds. The van der Waals surface area contributed by atoms with Gasteiger partial charge in [0.15, 0.2) is 47.4 Å². The first-order valence-electron chi connectivity index (χ1n) is 35.3. The lowest BCUT2D eigenvalue weighted by atomic mass is 10.0. The molecular formula is C66H100F2N14O15P2S. The lowest BCUT2D eigenvalue weighted by Crippen LogP contribution is -2.55. The van der Waals surface area contributed by atoms with Gasteiger partial charge in [-0.05, 0) is 55.7 Å². The number of fused-ring (bicyclic) bond motifs is 4. The van der Waals surface area contributed by atoms with Crippen molar-refractivity contribution in [2.75, 3.05) is 30.8 Å². The highest BCUT2D eigenvalue weighted by atomic mass is 32.7. The highest BCUT2D eigenvalue weighted by molar-refractivity contribution is 8.56. The van der Waals surface area contributed by atoms with E-state index >= 15 is 13.3 Å². The predicted molar refractivity (Wildman–Crippen MR) is 372 cm³/mol. The number of carbonyl (C=O) groups excluding carboxylic acids is 5. The molecule has 3 saturated heterocycles. The number of nitrogen functional groups attached to an aromatic ring is 1. The Morgan fingerprint density at radius 3 is 1.90 bits per heavy atom. The number of phosphoric acid groups is 1. The van der Waals surface area contributed by atoms with Crippen LogP contribution in [0.3, 0.4) is 0 Å². The van der Waals surface area contributed by atoms with Crippen LogP contribution in [0.25, 0.3) is 22.3 Å². The van der Waals surface area contributed by atoms with Crippen molar-refractivity contribution < 1.29 is 79.7 Å². The second-order valence-electron chi connectivity index (χ2n) is 26.2. The van der Waals surface area contributed by atoms with Gasteiger partial charge in [-0.25, -0.2) is 43.1 Å². The summed E-state index contributed by atoms with van der Waals surface area (Å²) in [7, 11) is -5.28. The van der Waals surface area contributed by atoms with Crippen LogP contribution in [0.15, 0.2) is 49.6 Å². The second kappa shape index (κ2) is 39.2. The van der Waals surface area contributed by atoms with Crippen molar-refractivity contribution in [3.63, 3.8) is 0 Å². The number of ether oxygens (including phenoxy) is 3. The number of esters is 1. The summed E-state index contributed by atoms with van der Waals surface area (Å²) >= 11 is 0.669. The van der Waals surface area contributed by atoms with Gasteiger partial charge in [0.2, 0.25) is 23.6 Å². The Kier molecular flexibility index (Phi) is 31.1. The van der Waals surface area contributed by atoms with Crippen LogP contribution in [0.4, 0.5) is 25.1 Å². The zero-order valence-electron chi connectivity index (χ0n) is 57.5. The monoisotopic (exact) mass is 1460 g/mol. The number of alkyl halides is 2. The molecular weight excluding hydrogens is 1360 g/mol. The Morgan fingerprint density at radius 1 is 0.700 bits per heavy atom. The van der Waals surface area contributed by atoms with Gasteiger partial charge in [-0.3, -0.25) is 41.9 Å². The number of aromatic hydroxyl groups is 1. The predicted octanol–water partition coefficient (Wildman–Crippen LogP) is 11.4. The maximum absolute atomic E-state index is 17.6. The zero-order chi connectivity index (χ0) is 71.8. The SMILES string of the molecule is CCCCCCCCCCCCCC(=O)OC(CCCCCCCCCCC)CC(=O)N[C@H](C(=O)N[C@@H](CCCNC(N)=O)C(=O)Nc1ccc(CSP2(=O)OC[C@H]3O[C@@H](n4cnc5c(N)ncnc54)[C@H](F)[C@@H]3OP(=O)(O)OC[C@H]3O[C@@H](n4cnc5c(O)ncnc54)[C@H](F)[C@@H]32)cc1)C(C)C. The zero-order valence-corrected chi connectivity index (χ0v) is 60.2. The molecule has 7 heterocycles. The molecule has 0 bridgehead atoms. The topological polar surface area (TPSA) is 403 Å². The molecule has 4 aromatic heterocycles. The van der Waals surface area contributed by atoms with E-state index in [1.54, 1.807) is 26.0 Å². The summed E-state index contributed by atoms with van der Waals surface area (Å²) in [6, 6.07) is 3.10. The number of carbonyl (C=O) groups is 5. The van der Waals surface area contributed by atoms with Crippen LogP contribution >= 0.6 is 25.8 Å². The van der Waals surface area contributed by atoms with Gasteiger partial charge in [0, 0.05) is 24.4 Å². The third kappa shape index (κ3) is 22.7. The lowest BCUT2D eigenvalue weighted by molar-refractivity contribution is -0.151. The summed E-state index contributed by atoms with van der Waals surface area (Å²) in [4.78, 5) is 103. The number of amides is 5. The minimum absolute atomic E-state index is 0.0168. The van der Waals surface area contributed by atoms with Gasteiger partial charge in [-0.15, -0.1) is 0 Å². The van der Waals surface area contributed by atoms with E-state index in [-0.39, 0.29) is 77.8 Å². The maximum Gasteiger partial charge on any atom is 0.472 e. The number of urea groups is 1. The number of imidazole rings is 2. The van der Waals surface area contributed by atoms with E-state index in [0.717, 1.165) is 74.9 Å². The van der Waals surface area contributed by atoms with Crippen LogP contribution in [0, 0.1) is 5.92 Å². The van der Waals surface area contributed by atoms with Crippen LogP contribution < -0.4 is 32.7 Å². The lowest BCUT2D eigenvalue weighted by Gasteiger charge is -2.28. The molecule has 3 aliphatic rings. The fraction of sp³-hybridized carbons (Fsp3) is 0.682. The number of rotatable bonds is 40. The number of primary amides is 1. The average Bonchev–Trinajstić information content (AvgIpc) is 1.60. The first-order valence-corrected chi connectivity index (χ1v) is 40.0. The number of anilines is 2. The van der Waals surface area contributed by atoms with Gasteiger partial charge in [-0.2, -0.15) is 4.98 Å². The van der Waals surface area contributed by atoms with Crippen molar-refractivity contribution >= 4 is 89.3 Å². The van der Waals surface area contributed by atoms with Gasteiger partial charge >= 0.3 is 19.8 Å². The van der Waals surface area contributed by atoms with Crippen LogP contribution in [0.1, 0.15) is 206 Å². The normalized spacial score (nSPS) is 24.0. The van der Waals surface area contributed by atoms with Crippen molar-refractivity contribution in [2.45, 2.75) is 261 Å². The quantitative estimate of drug-likeness (QED) is 0.0103. The third-order valence-corrected chi connectivity index (χ3v) is 24.3. The molecule has 0 aliphatic carbocycles. The summed E-state index contributed by atoms with van der Waals surface area (Å²) in [5.41, 5.74) is 10.2. The molecule has 3 fully saturated rings. The van der Waals surface area contributed by atoms with Gasteiger partial charge in [0.1, 0.15) is 54.2 Å². The van der Waals surface area contributed by atoms with E-state index < -0.39 is 130 Å². The largest absolute Gasteiger partial charge is 0.492 e. The molecule has 34 heteroatoms. The van der Waals surface area contributed by atoms with E-state index in [1.165, 1.54) is 93.7 Å². The summed E-state index contributed by atoms with van der Waals surface area (Å²) in [5.74, 6) is -3.34. The molecule has 8 rings (SSSR count). The summed E-state index contributed by atoms with van der Waals surface area (Å²) in [6.45, 7) is 1.62. The Hall–Kier alpha value is -6.50. The van der Waals surface area contributed by atoms with Gasteiger partial charge in [-0.1, -0.05) is 167 Å². The minimum Gasteiger partial charge on any atom is -0.492 e. The molecule has 100 heavy (non-hydrogen) atoms.